The highest BCUT2D eigenvalue weighted by molar-refractivity contribution is 7.89. The van der Waals surface area contributed by atoms with Crippen LogP contribution >= 0.6 is 11.6 Å². The molecule has 2 aliphatic heterocycles. The van der Waals surface area contributed by atoms with Crippen molar-refractivity contribution in [2.75, 3.05) is 63.0 Å². The second kappa shape index (κ2) is 13.0. The number of carbonyl (C=O) groups excluding carboxylic acids is 2. The monoisotopic (exact) mass is 644 g/mol. The normalized spacial score (nSPS) is 17.4. The molecule has 44 heavy (non-hydrogen) atoms. The average molecular weight is 645 g/mol. The summed E-state index contributed by atoms with van der Waals surface area (Å²) in [5, 5.41) is 1.51. The van der Waals surface area contributed by atoms with Crippen LogP contribution < -0.4 is 4.90 Å². The largest absolute Gasteiger partial charge is 0.444 e. The fourth-order valence-electron chi connectivity index (χ4n) is 5.68. The van der Waals surface area contributed by atoms with Gasteiger partial charge in [-0.25, -0.2) is 18.2 Å². The molecule has 1 N–H and O–H groups in total. The number of rotatable bonds is 8. The van der Waals surface area contributed by atoms with Gasteiger partial charge in [-0.15, -0.1) is 0 Å². The van der Waals surface area contributed by atoms with Gasteiger partial charge in [0.25, 0.3) is 0 Å². The first-order valence-electron chi connectivity index (χ1n) is 15.1. The molecule has 11 nitrogen and oxygen atoms in total. The summed E-state index contributed by atoms with van der Waals surface area (Å²) in [6.45, 7) is 10.9. The Morgan fingerprint density at radius 3 is 2.55 bits per heavy atom. The molecular weight excluding hydrogens is 604 g/mol. The number of sulfonamides is 1. The van der Waals surface area contributed by atoms with Crippen molar-refractivity contribution < 1.29 is 22.7 Å². The summed E-state index contributed by atoms with van der Waals surface area (Å²) in [5.74, 6) is -0.302. The van der Waals surface area contributed by atoms with Crippen LogP contribution in [0.25, 0.3) is 22.2 Å². The van der Waals surface area contributed by atoms with Crippen LogP contribution in [-0.2, 0) is 26.0 Å². The van der Waals surface area contributed by atoms with E-state index in [9.17, 15) is 18.0 Å². The number of nitrogens with one attached hydrogen (secondary N) is 1. The Kier molecular flexibility index (Phi) is 9.55. The van der Waals surface area contributed by atoms with Crippen LogP contribution in [0, 0.1) is 0 Å². The molecule has 2 aliphatic rings. The van der Waals surface area contributed by atoms with E-state index in [2.05, 4.69) is 21.8 Å². The third kappa shape index (κ3) is 7.20. The highest BCUT2D eigenvalue weighted by Crippen LogP contribution is 2.36. The highest BCUT2D eigenvalue weighted by Gasteiger charge is 2.33. The number of aryl methyl sites for hydroxylation is 1. The third-order valence-electron chi connectivity index (χ3n) is 8.05. The number of anilines is 1. The average Bonchev–Trinajstić information content (AvgIpc) is 3.41. The Morgan fingerprint density at radius 1 is 1.11 bits per heavy atom. The molecule has 238 valence electrons. The molecule has 13 heteroatoms. The van der Waals surface area contributed by atoms with E-state index in [1.807, 2.05) is 51.2 Å². The zero-order valence-electron chi connectivity index (χ0n) is 25.8. The molecule has 2 saturated heterocycles. The molecular formula is C31H41ClN6O5S. The van der Waals surface area contributed by atoms with Crippen molar-refractivity contribution in [3.05, 3.63) is 47.2 Å². The number of benzene rings is 1. The Bertz CT molecular complexity index is 1630. The lowest BCUT2D eigenvalue weighted by Crippen LogP contribution is -2.53. The Labute approximate surface area is 264 Å². The van der Waals surface area contributed by atoms with E-state index in [1.54, 1.807) is 16.0 Å². The maximum atomic E-state index is 13.2. The van der Waals surface area contributed by atoms with E-state index in [0.29, 0.717) is 49.9 Å². The Morgan fingerprint density at radius 2 is 1.86 bits per heavy atom. The van der Waals surface area contributed by atoms with Crippen molar-refractivity contribution in [3.8, 4) is 11.1 Å². The van der Waals surface area contributed by atoms with Crippen molar-refractivity contribution in [2.45, 2.75) is 46.1 Å². The number of pyridine rings is 1. The molecule has 0 atom stereocenters. The third-order valence-corrected chi connectivity index (χ3v) is 10.3. The summed E-state index contributed by atoms with van der Waals surface area (Å²) in [6.07, 6.45) is 4.60. The van der Waals surface area contributed by atoms with Crippen LogP contribution in [-0.4, -0.2) is 108 Å². The lowest BCUT2D eigenvalue weighted by molar-refractivity contribution is -0.119. The smallest absolute Gasteiger partial charge is 0.410 e. The molecule has 0 bridgehead atoms. The lowest BCUT2D eigenvalue weighted by Gasteiger charge is -2.36. The summed E-state index contributed by atoms with van der Waals surface area (Å²) >= 11 is 6.83. The molecule has 3 aromatic rings. The maximum Gasteiger partial charge on any atom is 0.410 e. The zero-order valence-corrected chi connectivity index (χ0v) is 27.4. The summed E-state index contributed by atoms with van der Waals surface area (Å²) in [5.41, 5.74) is 3.58. The van der Waals surface area contributed by atoms with Crippen LogP contribution in [0.2, 0.25) is 5.02 Å². The molecule has 0 saturated carbocycles. The standard InChI is InChI=1S/C31H41ClN6O5S/c1-5-22-19-33-29-27(22)28(32)25(20-34-29)23-8-6-9-24(18-23)38-16-15-37(21-26(38)39)44(41,42)17-7-10-35-11-13-36(14-12-35)30(40)43-31(2,3)4/h6,8-9,18-20H,5,7,10-17,21H2,1-4H3,(H,33,34). The number of aromatic amines is 1. The van der Waals surface area contributed by atoms with Gasteiger partial charge in [-0.2, -0.15) is 4.31 Å². The van der Waals surface area contributed by atoms with E-state index >= 15 is 0 Å². The lowest BCUT2D eigenvalue weighted by atomic mass is 10.0. The van der Waals surface area contributed by atoms with Gasteiger partial charge < -0.3 is 19.5 Å². The minimum Gasteiger partial charge on any atom is -0.444 e. The number of H-pyrrole nitrogens is 1. The van der Waals surface area contributed by atoms with Crippen molar-refractivity contribution in [3.63, 3.8) is 0 Å². The zero-order chi connectivity index (χ0) is 31.6. The highest BCUT2D eigenvalue weighted by atomic mass is 35.5. The number of ether oxygens (including phenoxy) is 1. The SMILES string of the molecule is CCc1c[nH]c2ncc(-c3cccc(N4CCN(S(=O)(=O)CCCN5CCN(C(=O)OC(C)(C)C)CC5)CC4=O)c3)c(Cl)c12. The minimum absolute atomic E-state index is 0.0328. The molecule has 2 fully saturated rings. The number of piperazine rings is 2. The molecule has 2 amide bonds. The number of aromatic nitrogens is 2. The molecule has 0 unspecified atom stereocenters. The number of nitrogens with zero attached hydrogens (tertiary/aromatic N) is 5. The number of halogens is 1. The molecule has 1 aromatic carbocycles. The van der Waals surface area contributed by atoms with Crippen LogP contribution in [0.3, 0.4) is 0 Å². The van der Waals surface area contributed by atoms with Crippen molar-refractivity contribution in [1.82, 2.24) is 24.1 Å². The van der Waals surface area contributed by atoms with E-state index < -0.39 is 15.6 Å². The van der Waals surface area contributed by atoms with Crippen molar-refractivity contribution in [1.29, 1.82) is 0 Å². The minimum atomic E-state index is -3.60. The fourth-order valence-corrected chi connectivity index (χ4v) is 7.47. The number of carbonyl (C=O) groups is 2. The van der Waals surface area contributed by atoms with Gasteiger partial charge in [0, 0.05) is 68.3 Å². The first-order valence-corrected chi connectivity index (χ1v) is 17.1. The van der Waals surface area contributed by atoms with Gasteiger partial charge in [0.2, 0.25) is 15.9 Å². The van der Waals surface area contributed by atoms with Gasteiger partial charge in [-0.3, -0.25) is 9.69 Å². The number of fused-ring (bicyclic) bond motifs is 1. The quantitative estimate of drug-likeness (QED) is 0.387. The molecule has 0 aliphatic carbocycles. The molecule has 0 spiro atoms. The first kappa shape index (κ1) is 32.2. The molecule has 4 heterocycles. The van der Waals surface area contributed by atoms with Crippen LogP contribution in [0.15, 0.2) is 36.7 Å². The molecule has 0 radical (unpaired) electrons. The van der Waals surface area contributed by atoms with Gasteiger partial charge in [0.1, 0.15) is 11.2 Å². The number of hydrogen-bond acceptors (Lipinski definition) is 7. The second-order valence-corrected chi connectivity index (χ2v) is 14.8. The first-order chi connectivity index (χ1) is 20.9. The van der Waals surface area contributed by atoms with E-state index in [4.69, 9.17) is 16.3 Å². The van der Waals surface area contributed by atoms with Gasteiger partial charge >= 0.3 is 6.09 Å². The van der Waals surface area contributed by atoms with Crippen LogP contribution in [0.5, 0.6) is 0 Å². The van der Waals surface area contributed by atoms with E-state index in [1.165, 1.54) is 4.31 Å². The maximum absolute atomic E-state index is 13.2. The Hall–Kier alpha value is -3.19. The van der Waals surface area contributed by atoms with E-state index in [-0.39, 0.29) is 37.4 Å². The van der Waals surface area contributed by atoms with Gasteiger partial charge in [0.15, 0.2) is 0 Å². The number of amides is 2. The topological polar surface area (TPSA) is 119 Å². The van der Waals surface area contributed by atoms with Crippen molar-refractivity contribution >= 4 is 50.3 Å². The van der Waals surface area contributed by atoms with Gasteiger partial charge in [-0.05, 0) is 63.4 Å². The molecule has 2 aromatic heterocycles. The predicted molar refractivity (Wildman–Crippen MR) is 172 cm³/mol. The van der Waals surface area contributed by atoms with Crippen LogP contribution in [0.1, 0.15) is 39.7 Å². The summed E-state index contributed by atoms with van der Waals surface area (Å²) in [6, 6.07) is 7.55. The van der Waals surface area contributed by atoms with Crippen molar-refractivity contribution in [2.24, 2.45) is 0 Å². The van der Waals surface area contributed by atoms with Crippen LogP contribution in [0.4, 0.5) is 10.5 Å². The Balaban J connectivity index is 1.15. The predicted octanol–water partition coefficient (Wildman–Crippen LogP) is 4.37. The summed E-state index contributed by atoms with van der Waals surface area (Å²) in [4.78, 5) is 38.7. The summed E-state index contributed by atoms with van der Waals surface area (Å²) in [7, 11) is -3.60. The fraction of sp³-hybridized carbons (Fsp3) is 0.516. The summed E-state index contributed by atoms with van der Waals surface area (Å²) < 4.78 is 33.0. The molecule has 5 rings (SSSR count). The second-order valence-electron chi connectivity index (χ2n) is 12.3. The van der Waals surface area contributed by atoms with Gasteiger partial charge in [-0.1, -0.05) is 30.7 Å². The van der Waals surface area contributed by atoms with Gasteiger partial charge in [0.05, 0.1) is 17.3 Å². The van der Waals surface area contributed by atoms with E-state index in [0.717, 1.165) is 34.1 Å². The number of hydrogen-bond donors (Lipinski definition) is 1.